The second kappa shape index (κ2) is 11.7. The number of hydrogen-bond acceptors (Lipinski definition) is 6. The zero-order chi connectivity index (χ0) is 18.5. The lowest BCUT2D eigenvalue weighted by atomic mass is 10.2. The Morgan fingerprint density at radius 3 is 2.60 bits per heavy atom. The Kier molecular flexibility index (Phi) is 9.42. The summed E-state index contributed by atoms with van der Waals surface area (Å²) < 4.78 is 5.03. The molecule has 0 saturated heterocycles. The molecule has 0 atom stereocenters. The molecule has 9 nitrogen and oxygen atoms in total. The quantitative estimate of drug-likeness (QED) is 0.400. The lowest BCUT2D eigenvalue weighted by molar-refractivity contribution is -0.137. The fourth-order valence-corrected chi connectivity index (χ4v) is 1.89. The van der Waals surface area contributed by atoms with Crippen molar-refractivity contribution in [1.29, 1.82) is 0 Å². The first-order chi connectivity index (χ1) is 12.0. The largest absolute Gasteiger partial charge is 0.481 e. The predicted octanol–water partition coefficient (Wildman–Crippen LogP) is 0.380. The van der Waals surface area contributed by atoms with Gasteiger partial charge in [-0.1, -0.05) is 6.07 Å². The summed E-state index contributed by atoms with van der Waals surface area (Å²) in [4.78, 5) is 37.5. The van der Waals surface area contributed by atoms with Crippen LogP contribution in [0.2, 0.25) is 0 Å². The van der Waals surface area contributed by atoms with E-state index in [9.17, 15) is 14.4 Å². The number of hydrogen-bond donors (Lipinski definition) is 4. The fourth-order valence-electron chi connectivity index (χ4n) is 1.89. The maximum Gasteiger partial charge on any atom is 0.305 e. The Balaban J connectivity index is 2.06. The molecule has 0 aliphatic heterocycles. The fraction of sp³-hybridized carbons (Fsp3) is 0.500. The van der Waals surface area contributed by atoms with E-state index in [1.807, 2.05) is 12.1 Å². The molecule has 0 aromatic carbocycles. The van der Waals surface area contributed by atoms with Crippen molar-refractivity contribution in [3.05, 3.63) is 18.2 Å². The van der Waals surface area contributed by atoms with Gasteiger partial charge in [0.25, 0.3) is 0 Å². The van der Waals surface area contributed by atoms with Gasteiger partial charge in [-0.05, 0) is 18.9 Å². The number of pyridine rings is 1. The van der Waals surface area contributed by atoms with Gasteiger partial charge >= 0.3 is 5.97 Å². The molecule has 0 aliphatic rings. The summed E-state index contributed by atoms with van der Waals surface area (Å²) in [5.41, 5.74) is 0. The van der Waals surface area contributed by atoms with Crippen molar-refractivity contribution in [3.8, 4) is 5.88 Å². The average Bonchev–Trinajstić information content (AvgIpc) is 2.59. The average molecular weight is 352 g/mol. The summed E-state index contributed by atoms with van der Waals surface area (Å²) in [6.45, 7) is 0.571. The highest BCUT2D eigenvalue weighted by Gasteiger charge is 2.06. The molecule has 0 aliphatic carbocycles. The van der Waals surface area contributed by atoms with Gasteiger partial charge in [0.2, 0.25) is 17.7 Å². The third-order valence-corrected chi connectivity index (χ3v) is 3.18. The standard InChI is InChI=1S/C16H24N4O5/c1-25-15-7-4-5-12(20-15)17-9-3-2-6-13(21)19-11-14(22)18-10-8-16(23)24/h4-5,7H,2-3,6,8-11H2,1H3,(H,17,20)(H,18,22)(H,19,21)(H,23,24). The molecule has 25 heavy (non-hydrogen) atoms. The normalized spacial score (nSPS) is 9.96. The molecule has 0 unspecified atom stereocenters. The summed E-state index contributed by atoms with van der Waals surface area (Å²) >= 11 is 0. The van der Waals surface area contributed by atoms with Crippen LogP contribution in [0, 0.1) is 0 Å². The van der Waals surface area contributed by atoms with Gasteiger partial charge in [0.15, 0.2) is 0 Å². The number of aliphatic carboxylic acids is 1. The van der Waals surface area contributed by atoms with Crippen LogP contribution >= 0.6 is 0 Å². The number of nitrogens with zero attached hydrogens (tertiary/aromatic N) is 1. The van der Waals surface area contributed by atoms with Crippen molar-refractivity contribution in [2.45, 2.75) is 25.7 Å². The molecule has 0 bridgehead atoms. The zero-order valence-electron chi connectivity index (χ0n) is 14.2. The number of amides is 2. The summed E-state index contributed by atoms with van der Waals surface area (Å²) in [5, 5.41) is 16.5. The molecule has 4 N–H and O–H groups in total. The Morgan fingerprint density at radius 2 is 1.88 bits per heavy atom. The van der Waals surface area contributed by atoms with Crippen LogP contribution in [0.25, 0.3) is 0 Å². The van der Waals surface area contributed by atoms with Gasteiger partial charge in [-0.2, -0.15) is 4.98 Å². The molecule has 1 aromatic rings. The van der Waals surface area contributed by atoms with Crippen LogP contribution in [0.15, 0.2) is 18.2 Å². The molecular weight excluding hydrogens is 328 g/mol. The number of rotatable bonds is 12. The van der Waals surface area contributed by atoms with Crippen molar-refractivity contribution in [2.75, 3.05) is 32.1 Å². The molecular formula is C16H24N4O5. The van der Waals surface area contributed by atoms with E-state index in [-0.39, 0.29) is 25.4 Å². The van der Waals surface area contributed by atoms with Gasteiger partial charge in [0.1, 0.15) is 5.82 Å². The Bertz CT molecular complexity index is 579. The number of anilines is 1. The maximum atomic E-state index is 11.6. The lowest BCUT2D eigenvalue weighted by Crippen LogP contribution is -2.37. The van der Waals surface area contributed by atoms with Crippen LogP contribution in [-0.2, 0) is 14.4 Å². The summed E-state index contributed by atoms with van der Waals surface area (Å²) in [7, 11) is 1.55. The number of carbonyl (C=O) groups is 3. The number of unbranched alkanes of at least 4 members (excludes halogenated alkanes) is 1. The van der Waals surface area contributed by atoms with E-state index >= 15 is 0 Å². The molecule has 1 heterocycles. The summed E-state index contributed by atoms with van der Waals surface area (Å²) in [5.74, 6) is -0.358. The third-order valence-electron chi connectivity index (χ3n) is 3.18. The van der Waals surface area contributed by atoms with E-state index in [0.29, 0.717) is 31.1 Å². The minimum absolute atomic E-state index is 0.0496. The topological polar surface area (TPSA) is 130 Å². The van der Waals surface area contributed by atoms with Crippen LogP contribution in [0.3, 0.4) is 0 Å². The van der Waals surface area contributed by atoms with Gasteiger partial charge in [-0.25, -0.2) is 0 Å². The lowest BCUT2D eigenvalue weighted by Gasteiger charge is -2.08. The summed E-state index contributed by atoms with van der Waals surface area (Å²) in [6.07, 6.45) is 1.62. The first kappa shape index (κ1) is 20.2. The van der Waals surface area contributed by atoms with E-state index in [0.717, 1.165) is 6.42 Å². The number of carboxylic acid groups (broad SMARTS) is 1. The summed E-state index contributed by atoms with van der Waals surface area (Å²) in [6, 6.07) is 5.43. The highest BCUT2D eigenvalue weighted by Crippen LogP contribution is 2.10. The van der Waals surface area contributed by atoms with Crippen molar-refractivity contribution >= 4 is 23.6 Å². The molecule has 9 heteroatoms. The minimum Gasteiger partial charge on any atom is -0.481 e. The SMILES string of the molecule is COc1cccc(NCCCCC(=O)NCC(=O)NCCC(=O)O)n1. The zero-order valence-corrected chi connectivity index (χ0v) is 14.2. The Morgan fingerprint density at radius 1 is 1.08 bits per heavy atom. The van der Waals surface area contributed by atoms with Crippen molar-refractivity contribution in [2.24, 2.45) is 0 Å². The first-order valence-corrected chi connectivity index (χ1v) is 8.01. The van der Waals surface area contributed by atoms with E-state index in [2.05, 4.69) is 20.9 Å². The molecule has 0 fully saturated rings. The number of nitrogens with one attached hydrogen (secondary N) is 3. The first-order valence-electron chi connectivity index (χ1n) is 8.01. The van der Waals surface area contributed by atoms with Gasteiger partial charge < -0.3 is 25.8 Å². The van der Waals surface area contributed by atoms with Crippen LogP contribution in [-0.4, -0.2) is 54.6 Å². The highest BCUT2D eigenvalue weighted by atomic mass is 16.5. The number of carbonyl (C=O) groups excluding carboxylic acids is 2. The highest BCUT2D eigenvalue weighted by molar-refractivity contribution is 5.84. The third kappa shape index (κ3) is 9.80. The number of aromatic nitrogens is 1. The van der Waals surface area contributed by atoms with E-state index in [4.69, 9.17) is 9.84 Å². The number of carboxylic acids is 1. The van der Waals surface area contributed by atoms with Crippen LogP contribution < -0.4 is 20.7 Å². The van der Waals surface area contributed by atoms with Gasteiger partial charge in [0.05, 0.1) is 20.1 Å². The Labute approximate surface area is 146 Å². The van der Waals surface area contributed by atoms with Crippen LogP contribution in [0.4, 0.5) is 5.82 Å². The predicted molar refractivity (Wildman–Crippen MR) is 91.4 cm³/mol. The van der Waals surface area contributed by atoms with Gasteiger partial charge in [-0.15, -0.1) is 0 Å². The molecule has 0 spiro atoms. The van der Waals surface area contributed by atoms with Gasteiger partial charge in [0, 0.05) is 25.6 Å². The number of ether oxygens (including phenoxy) is 1. The Hall–Kier alpha value is -2.84. The van der Waals surface area contributed by atoms with Crippen LogP contribution in [0.5, 0.6) is 5.88 Å². The van der Waals surface area contributed by atoms with E-state index < -0.39 is 11.9 Å². The molecule has 0 saturated carbocycles. The molecule has 2 amide bonds. The second-order valence-corrected chi connectivity index (χ2v) is 5.22. The van der Waals surface area contributed by atoms with Crippen molar-refractivity contribution in [1.82, 2.24) is 15.6 Å². The minimum atomic E-state index is -0.984. The van der Waals surface area contributed by atoms with E-state index in [1.54, 1.807) is 13.2 Å². The molecule has 138 valence electrons. The molecule has 0 radical (unpaired) electrons. The van der Waals surface area contributed by atoms with E-state index in [1.165, 1.54) is 0 Å². The maximum absolute atomic E-state index is 11.6. The van der Waals surface area contributed by atoms with Crippen LogP contribution in [0.1, 0.15) is 25.7 Å². The number of methoxy groups -OCH3 is 1. The second-order valence-electron chi connectivity index (χ2n) is 5.22. The monoisotopic (exact) mass is 352 g/mol. The van der Waals surface area contributed by atoms with Gasteiger partial charge in [-0.3, -0.25) is 14.4 Å². The van der Waals surface area contributed by atoms with Crippen molar-refractivity contribution in [3.63, 3.8) is 0 Å². The smallest absolute Gasteiger partial charge is 0.305 e. The van der Waals surface area contributed by atoms with Crippen molar-refractivity contribution < 1.29 is 24.2 Å². The molecule has 1 aromatic heterocycles. The molecule has 1 rings (SSSR count).